The fourth-order valence-electron chi connectivity index (χ4n) is 1.02. The van der Waals surface area contributed by atoms with Crippen LogP contribution in [0.25, 0.3) is 0 Å². The van der Waals surface area contributed by atoms with E-state index in [1.165, 1.54) is 18.3 Å². The van der Waals surface area contributed by atoms with Crippen molar-refractivity contribution in [2.24, 2.45) is 0 Å². The predicted molar refractivity (Wildman–Crippen MR) is 63.7 cm³/mol. The van der Waals surface area contributed by atoms with Crippen molar-refractivity contribution in [2.75, 3.05) is 18.6 Å². The Morgan fingerprint density at radius 1 is 1.50 bits per heavy atom. The molecule has 1 heterocycles. The summed E-state index contributed by atoms with van der Waals surface area (Å²) in [7, 11) is -3.51. The van der Waals surface area contributed by atoms with E-state index >= 15 is 0 Å². The van der Waals surface area contributed by atoms with Crippen molar-refractivity contribution in [2.45, 2.75) is 11.6 Å². The van der Waals surface area contributed by atoms with Gasteiger partial charge in [0, 0.05) is 18.5 Å². The van der Waals surface area contributed by atoms with Crippen molar-refractivity contribution >= 4 is 21.8 Å². The van der Waals surface area contributed by atoms with Gasteiger partial charge in [-0.2, -0.15) is 11.8 Å². The zero-order chi connectivity index (χ0) is 12.0. The van der Waals surface area contributed by atoms with Crippen LogP contribution in [-0.4, -0.2) is 37.1 Å². The molecule has 0 aliphatic carbocycles. The molecular weight excluding hydrogens is 248 g/mol. The number of nitrogens with one attached hydrogen (secondary N) is 1. The smallest absolute Gasteiger partial charge is 0.258 e. The van der Waals surface area contributed by atoms with Gasteiger partial charge in [0.05, 0.1) is 6.61 Å². The summed E-state index contributed by atoms with van der Waals surface area (Å²) in [6.07, 6.45) is 3.26. The zero-order valence-electron chi connectivity index (χ0n) is 8.88. The molecule has 1 rings (SSSR count). The topological polar surface area (TPSA) is 79.3 Å². The van der Waals surface area contributed by atoms with Gasteiger partial charge in [-0.1, -0.05) is 6.07 Å². The molecule has 7 heteroatoms. The number of pyridine rings is 1. The third kappa shape index (κ3) is 3.75. The van der Waals surface area contributed by atoms with Gasteiger partial charge in [0.15, 0.2) is 5.03 Å². The molecular formula is C9H14N2O3S2. The molecule has 5 nitrogen and oxygen atoms in total. The second kappa shape index (κ2) is 6.19. The molecule has 0 bridgehead atoms. The van der Waals surface area contributed by atoms with Crippen molar-refractivity contribution in [1.29, 1.82) is 0 Å². The normalized spacial score (nSPS) is 11.6. The predicted octanol–water partition coefficient (Wildman–Crippen LogP) is 0.215. The summed E-state index contributed by atoms with van der Waals surface area (Å²) in [6, 6.07) is 2.92. The zero-order valence-corrected chi connectivity index (χ0v) is 10.5. The van der Waals surface area contributed by atoms with Gasteiger partial charge >= 0.3 is 0 Å². The van der Waals surface area contributed by atoms with Crippen molar-refractivity contribution in [3.8, 4) is 0 Å². The molecule has 16 heavy (non-hydrogen) atoms. The Morgan fingerprint density at radius 3 is 2.75 bits per heavy atom. The Labute approximate surface area is 99.3 Å². The van der Waals surface area contributed by atoms with Gasteiger partial charge in [-0.3, -0.25) is 0 Å². The first-order valence-electron chi connectivity index (χ1n) is 4.64. The molecule has 90 valence electrons. The van der Waals surface area contributed by atoms with Crippen LogP contribution in [0.2, 0.25) is 0 Å². The summed E-state index contributed by atoms with van der Waals surface area (Å²) in [4.78, 5) is 3.78. The van der Waals surface area contributed by atoms with Gasteiger partial charge in [0.2, 0.25) is 0 Å². The molecule has 0 radical (unpaired) electrons. The Morgan fingerprint density at radius 2 is 2.25 bits per heavy atom. The maximum absolute atomic E-state index is 11.7. The maximum atomic E-state index is 11.7. The van der Waals surface area contributed by atoms with E-state index < -0.39 is 10.0 Å². The second-order valence-electron chi connectivity index (χ2n) is 3.05. The molecule has 0 aliphatic rings. The van der Waals surface area contributed by atoms with Gasteiger partial charge in [0.1, 0.15) is 0 Å². The first kappa shape index (κ1) is 13.4. The van der Waals surface area contributed by atoms with Crippen LogP contribution in [0.1, 0.15) is 5.56 Å². The number of nitrogens with zero attached hydrogens (tertiary/aromatic N) is 1. The highest BCUT2D eigenvalue weighted by Gasteiger charge is 2.14. The average molecular weight is 262 g/mol. The van der Waals surface area contributed by atoms with E-state index in [0.717, 1.165) is 0 Å². The number of sulfonamides is 1. The molecule has 0 unspecified atom stereocenters. The number of rotatable bonds is 6. The van der Waals surface area contributed by atoms with Crippen LogP contribution < -0.4 is 4.72 Å². The fraction of sp³-hybridized carbons (Fsp3) is 0.444. The fourth-order valence-corrected chi connectivity index (χ4v) is 2.41. The quantitative estimate of drug-likeness (QED) is 0.717. The number of aliphatic hydroxyl groups is 1. The summed E-state index contributed by atoms with van der Waals surface area (Å²) in [5.41, 5.74) is 0.586. The monoisotopic (exact) mass is 262 g/mol. The highest BCUT2D eigenvalue weighted by Crippen LogP contribution is 2.06. The van der Waals surface area contributed by atoms with E-state index in [2.05, 4.69) is 9.71 Å². The lowest BCUT2D eigenvalue weighted by Crippen LogP contribution is -2.26. The van der Waals surface area contributed by atoms with Crippen LogP contribution >= 0.6 is 11.8 Å². The van der Waals surface area contributed by atoms with Crippen LogP contribution in [-0.2, 0) is 16.6 Å². The van der Waals surface area contributed by atoms with E-state index in [4.69, 9.17) is 5.11 Å². The molecule has 1 aromatic rings. The lowest BCUT2D eigenvalue weighted by Gasteiger charge is -2.05. The number of hydrogen-bond acceptors (Lipinski definition) is 5. The minimum Gasteiger partial charge on any atom is -0.392 e. The van der Waals surface area contributed by atoms with Crippen molar-refractivity contribution < 1.29 is 13.5 Å². The van der Waals surface area contributed by atoms with E-state index in [9.17, 15) is 8.42 Å². The van der Waals surface area contributed by atoms with Crippen LogP contribution in [0.15, 0.2) is 23.4 Å². The third-order valence-electron chi connectivity index (χ3n) is 1.85. The first-order chi connectivity index (χ1) is 7.60. The Hall–Kier alpha value is -0.630. The number of aliphatic hydroxyl groups excluding tert-OH is 1. The molecule has 0 saturated carbocycles. The number of hydrogen-bond donors (Lipinski definition) is 2. The van der Waals surface area contributed by atoms with Crippen LogP contribution in [0, 0.1) is 0 Å². The summed E-state index contributed by atoms with van der Waals surface area (Å²) in [6.45, 7) is 0.236. The highest BCUT2D eigenvalue weighted by molar-refractivity contribution is 7.98. The van der Waals surface area contributed by atoms with Crippen LogP contribution in [0.3, 0.4) is 0 Å². The minimum absolute atomic E-state index is 0.0224. The average Bonchev–Trinajstić information content (AvgIpc) is 2.29. The first-order valence-corrected chi connectivity index (χ1v) is 7.52. The van der Waals surface area contributed by atoms with E-state index in [0.29, 0.717) is 17.9 Å². The van der Waals surface area contributed by atoms with Gasteiger partial charge in [-0.15, -0.1) is 0 Å². The molecule has 0 aliphatic heterocycles. The maximum Gasteiger partial charge on any atom is 0.258 e. The van der Waals surface area contributed by atoms with Gasteiger partial charge in [-0.25, -0.2) is 18.1 Å². The lowest BCUT2D eigenvalue weighted by atomic mass is 10.3. The van der Waals surface area contributed by atoms with Crippen LogP contribution in [0.5, 0.6) is 0 Å². The second-order valence-corrected chi connectivity index (χ2v) is 5.75. The van der Waals surface area contributed by atoms with Gasteiger partial charge in [-0.05, 0) is 17.9 Å². The minimum atomic E-state index is -3.51. The number of aromatic nitrogens is 1. The molecule has 0 aromatic carbocycles. The van der Waals surface area contributed by atoms with Crippen molar-refractivity contribution in [3.63, 3.8) is 0 Å². The Kier molecular flexibility index (Phi) is 5.20. The highest BCUT2D eigenvalue weighted by atomic mass is 32.2. The molecule has 0 amide bonds. The van der Waals surface area contributed by atoms with Crippen molar-refractivity contribution in [3.05, 3.63) is 23.9 Å². The van der Waals surface area contributed by atoms with Crippen LogP contribution in [0.4, 0.5) is 0 Å². The lowest BCUT2D eigenvalue weighted by molar-refractivity contribution is 0.281. The molecule has 0 saturated heterocycles. The standard InChI is InChI=1S/C9H14N2O3S2/c1-15-5-4-11-16(13,14)9-3-2-8(7-12)6-10-9/h2-3,6,11-12H,4-5,7H2,1H3. The molecule has 1 aromatic heterocycles. The molecule has 0 spiro atoms. The van der Waals surface area contributed by atoms with E-state index in [-0.39, 0.29) is 11.6 Å². The Bertz CT molecular complexity index is 417. The third-order valence-corrected chi connectivity index (χ3v) is 3.84. The Balaban J connectivity index is 2.74. The van der Waals surface area contributed by atoms with Gasteiger partial charge < -0.3 is 5.11 Å². The van der Waals surface area contributed by atoms with E-state index in [1.807, 2.05) is 6.26 Å². The number of thioether (sulfide) groups is 1. The molecule has 0 fully saturated rings. The summed E-state index contributed by atoms with van der Waals surface area (Å²) in [5.74, 6) is 0.716. The summed E-state index contributed by atoms with van der Waals surface area (Å²) >= 11 is 1.56. The SMILES string of the molecule is CSCCNS(=O)(=O)c1ccc(CO)cn1. The molecule has 2 N–H and O–H groups in total. The summed E-state index contributed by atoms with van der Waals surface area (Å²) in [5, 5.41) is 8.77. The summed E-state index contributed by atoms with van der Waals surface area (Å²) < 4.78 is 25.8. The largest absolute Gasteiger partial charge is 0.392 e. The van der Waals surface area contributed by atoms with E-state index in [1.54, 1.807) is 11.8 Å². The molecule has 0 atom stereocenters. The van der Waals surface area contributed by atoms with Crippen molar-refractivity contribution in [1.82, 2.24) is 9.71 Å². The van der Waals surface area contributed by atoms with Gasteiger partial charge in [0.25, 0.3) is 10.0 Å².